The summed E-state index contributed by atoms with van der Waals surface area (Å²) in [6.07, 6.45) is 5.41. The molecule has 8 heteroatoms. The Kier molecular flexibility index (Phi) is 12.4. The fourth-order valence-corrected chi connectivity index (χ4v) is 3.34. The molecule has 0 bridgehead atoms. The molecular formula is C23H38IN3O4. The number of hydrogen-bond donors (Lipinski definition) is 2. The van der Waals surface area contributed by atoms with E-state index < -0.39 is 0 Å². The van der Waals surface area contributed by atoms with Crippen LogP contribution in [0.4, 0.5) is 5.69 Å². The zero-order valence-corrected chi connectivity index (χ0v) is 21.2. The molecule has 3 rings (SSSR count). The number of hydrogen-bond acceptors (Lipinski definition) is 5. The molecule has 0 radical (unpaired) electrons. The first-order valence-electron chi connectivity index (χ1n) is 11.3. The zero-order chi connectivity index (χ0) is 21.0. The predicted molar refractivity (Wildman–Crippen MR) is 135 cm³/mol. The van der Waals surface area contributed by atoms with Crippen molar-refractivity contribution in [2.45, 2.75) is 52.1 Å². The summed E-state index contributed by atoms with van der Waals surface area (Å²) < 4.78 is 22.8. The van der Waals surface area contributed by atoms with E-state index in [2.05, 4.69) is 24.5 Å². The minimum Gasteiger partial charge on any atom is -0.490 e. The van der Waals surface area contributed by atoms with Gasteiger partial charge >= 0.3 is 0 Å². The van der Waals surface area contributed by atoms with Gasteiger partial charge in [0, 0.05) is 44.5 Å². The lowest BCUT2D eigenvalue weighted by Crippen LogP contribution is -2.32. The molecule has 0 aliphatic carbocycles. The van der Waals surface area contributed by atoms with Gasteiger partial charge in [0.15, 0.2) is 17.5 Å². The van der Waals surface area contributed by atoms with E-state index in [0.29, 0.717) is 38.9 Å². The molecule has 2 heterocycles. The molecule has 2 aliphatic rings. The van der Waals surface area contributed by atoms with Crippen LogP contribution < -0.4 is 20.1 Å². The smallest absolute Gasteiger partial charge is 0.195 e. The highest BCUT2D eigenvalue weighted by atomic mass is 127. The summed E-state index contributed by atoms with van der Waals surface area (Å²) in [4.78, 5) is 4.73. The van der Waals surface area contributed by atoms with E-state index in [1.165, 1.54) is 0 Å². The van der Waals surface area contributed by atoms with Gasteiger partial charge in [0.2, 0.25) is 0 Å². The number of nitrogens with one attached hydrogen (secondary N) is 2. The van der Waals surface area contributed by atoms with Crippen molar-refractivity contribution in [2.75, 3.05) is 51.4 Å². The second-order valence-electron chi connectivity index (χ2n) is 8.24. The maximum atomic E-state index is 5.80. The second kappa shape index (κ2) is 14.7. The average molecular weight is 547 g/mol. The molecule has 2 N–H and O–H groups in total. The van der Waals surface area contributed by atoms with Crippen molar-refractivity contribution in [3.63, 3.8) is 0 Å². The van der Waals surface area contributed by atoms with Crippen LogP contribution >= 0.6 is 24.0 Å². The minimum atomic E-state index is 0. The first kappa shape index (κ1) is 26.0. The van der Waals surface area contributed by atoms with Crippen LogP contribution in [0.25, 0.3) is 0 Å². The van der Waals surface area contributed by atoms with Crippen LogP contribution in [0, 0.1) is 5.92 Å². The molecule has 1 unspecified atom stereocenters. The van der Waals surface area contributed by atoms with Crippen molar-refractivity contribution >= 4 is 35.6 Å². The van der Waals surface area contributed by atoms with E-state index >= 15 is 0 Å². The van der Waals surface area contributed by atoms with Gasteiger partial charge in [-0.05, 0) is 43.7 Å². The number of benzene rings is 1. The van der Waals surface area contributed by atoms with Gasteiger partial charge in [-0.2, -0.15) is 0 Å². The first-order valence-corrected chi connectivity index (χ1v) is 11.3. The molecule has 1 fully saturated rings. The number of rotatable bonds is 10. The third-order valence-corrected chi connectivity index (χ3v) is 5.07. The Labute approximate surface area is 203 Å². The summed E-state index contributed by atoms with van der Waals surface area (Å²) in [5.74, 6) is 3.00. The SMILES string of the molecule is CC(C)CCNC(=NCCCOCC1CCCO1)Nc1ccc2c(c1)OCCCO2.I. The highest BCUT2D eigenvalue weighted by Gasteiger charge is 2.15. The van der Waals surface area contributed by atoms with Gasteiger partial charge in [-0.1, -0.05) is 13.8 Å². The van der Waals surface area contributed by atoms with Crippen molar-refractivity contribution in [1.82, 2.24) is 5.32 Å². The molecule has 31 heavy (non-hydrogen) atoms. The van der Waals surface area contributed by atoms with Crippen LogP contribution in [-0.2, 0) is 9.47 Å². The van der Waals surface area contributed by atoms with Gasteiger partial charge in [0.1, 0.15) is 0 Å². The molecule has 0 amide bonds. The van der Waals surface area contributed by atoms with Crippen LogP contribution in [0.2, 0.25) is 0 Å². The van der Waals surface area contributed by atoms with E-state index in [1.807, 2.05) is 18.2 Å². The Balaban J connectivity index is 0.00000341. The Hall–Kier alpha value is -1.26. The van der Waals surface area contributed by atoms with Gasteiger partial charge < -0.3 is 29.6 Å². The summed E-state index contributed by atoms with van der Waals surface area (Å²) >= 11 is 0. The Morgan fingerprint density at radius 3 is 2.77 bits per heavy atom. The highest BCUT2D eigenvalue weighted by Crippen LogP contribution is 2.32. The molecule has 0 aromatic heterocycles. The van der Waals surface area contributed by atoms with Crippen molar-refractivity contribution in [1.29, 1.82) is 0 Å². The van der Waals surface area contributed by atoms with E-state index in [1.54, 1.807) is 0 Å². The molecule has 0 spiro atoms. The third-order valence-electron chi connectivity index (χ3n) is 5.07. The van der Waals surface area contributed by atoms with Gasteiger partial charge in [-0.25, -0.2) is 0 Å². The monoisotopic (exact) mass is 547 g/mol. The van der Waals surface area contributed by atoms with Crippen molar-refractivity contribution in [2.24, 2.45) is 10.9 Å². The van der Waals surface area contributed by atoms with E-state index in [4.69, 9.17) is 23.9 Å². The van der Waals surface area contributed by atoms with E-state index in [9.17, 15) is 0 Å². The molecule has 1 aromatic carbocycles. The lowest BCUT2D eigenvalue weighted by atomic mass is 10.1. The molecule has 1 aromatic rings. The van der Waals surface area contributed by atoms with E-state index in [0.717, 1.165) is 68.4 Å². The van der Waals surface area contributed by atoms with Gasteiger partial charge in [0.05, 0.1) is 25.9 Å². The number of anilines is 1. The first-order chi connectivity index (χ1) is 14.7. The zero-order valence-electron chi connectivity index (χ0n) is 18.9. The maximum absolute atomic E-state index is 5.80. The molecule has 1 saturated heterocycles. The summed E-state index contributed by atoms with van der Waals surface area (Å²) in [7, 11) is 0. The predicted octanol–water partition coefficient (Wildman–Crippen LogP) is 4.46. The Bertz CT molecular complexity index is 666. The van der Waals surface area contributed by atoms with Crippen LogP contribution in [0.1, 0.15) is 46.0 Å². The molecule has 2 aliphatic heterocycles. The van der Waals surface area contributed by atoms with Gasteiger partial charge in [0.25, 0.3) is 0 Å². The number of aliphatic imine (C=N–C) groups is 1. The van der Waals surface area contributed by atoms with Crippen molar-refractivity contribution in [3.05, 3.63) is 18.2 Å². The van der Waals surface area contributed by atoms with Crippen LogP contribution in [0.15, 0.2) is 23.2 Å². The largest absolute Gasteiger partial charge is 0.490 e. The molecule has 1 atom stereocenters. The van der Waals surface area contributed by atoms with E-state index in [-0.39, 0.29) is 30.1 Å². The molecule has 7 nitrogen and oxygen atoms in total. The third kappa shape index (κ3) is 9.82. The topological polar surface area (TPSA) is 73.3 Å². The van der Waals surface area contributed by atoms with Gasteiger partial charge in [-0.3, -0.25) is 4.99 Å². The van der Waals surface area contributed by atoms with Crippen LogP contribution in [-0.4, -0.2) is 58.2 Å². The molecule has 0 saturated carbocycles. The summed E-state index contributed by atoms with van der Waals surface area (Å²) in [6, 6.07) is 5.93. The fraction of sp³-hybridized carbons (Fsp3) is 0.696. The number of guanidine groups is 1. The number of halogens is 1. The highest BCUT2D eigenvalue weighted by molar-refractivity contribution is 14.0. The van der Waals surface area contributed by atoms with Crippen LogP contribution in [0.5, 0.6) is 11.5 Å². The minimum absolute atomic E-state index is 0. The van der Waals surface area contributed by atoms with Crippen molar-refractivity contribution < 1.29 is 18.9 Å². The lowest BCUT2D eigenvalue weighted by molar-refractivity contribution is 0.0171. The van der Waals surface area contributed by atoms with Crippen molar-refractivity contribution in [3.8, 4) is 11.5 Å². The normalized spacial score (nSPS) is 18.4. The molecule has 176 valence electrons. The summed E-state index contributed by atoms with van der Waals surface area (Å²) in [5, 5.41) is 6.84. The maximum Gasteiger partial charge on any atom is 0.195 e. The van der Waals surface area contributed by atoms with Gasteiger partial charge in [-0.15, -0.1) is 24.0 Å². The average Bonchev–Trinajstić information content (AvgIpc) is 3.14. The van der Waals surface area contributed by atoms with Crippen LogP contribution in [0.3, 0.4) is 0 Å². The second-order valence-corrected chi connectivity index (χ2v) is 8.24. The fourth-order valence-electron chi connectivity index (χ4n) is 3.34. The summed E-state index contributed by atoms with van der Waals surface area (Å²) in [5.41, 5.74) is 0.935. The summed E-state index contributed by atoms with van der Waals surface area (Å²) in [6.45, 7) is 9.66. The lowest BCUT2D eigenvalue weighted by Gasteiger charge is -2.15. The number of fused-ring (bicyclic) bond motifs is 1. The standard InChI is InChI=1S/C23H37N3O4.HI/c1-18(2)9-11-25-23(24-10-4-12-27-17-20-6-3-13-28-20)26-19-7-8-21-22(16-19)30-15-5-14-29-21;/h7-8,16,18,20H,3-6,9-15,17H2,1-2H3,(H2,24,25,26);1H. The molecular weight excluding hydrogens is 509 g/mol. The number of nitrogens with zero attached hydrogens (tertiary/aromatic N) is 1. The quantitative estimate of drug-likeness (QED) is 0.195. The Morgan fingerprint density at radius 2 is 2.00 bits per heavy atom. The number of ether oxygens (including phenoxy) is 4. The Morgan fingerprint density at radius 1 is 1.16 bits per heavy atom.